The quantitative estimate of drug-likeness (QED) is 0.250. The van der Waals surface area contributed by atoms with Gasteiger partial charge < -0.3 is 9.13 Å². The molecule has 2 nitrogen and oxygen atoms in total. The van der Waals surface area contributed by atoms with Gasteiger partial charge in [0.1, 0.15) is 0 Å². The number of fused-ring (bicyclic) bond motifs is 4. The molecular formula is C24H17IrN2-. The smallest absolute Gasteiger partial charge is 0.242 e. The summed E-state index contributed by atoms with van der Waals surface area (Å²) < 4.78 is 4.10. The molecule has 3 aromatic carbocycles. The Hall–Kier alpha value is -2.74. The Bertz CT molecular complexity index is 1200. The van der Waals surface area contributed by atoms with Crippen molar-refractivity contribution in [2.24, 2.45) is 7.05 Å². The van der Waals surface area contributed by atoms with Gasteiger partial charge in [-0.15, -0.1) is 17.7 Å². The van der Waals surface area contributed by atoms with Crippen LogP contribution in [0.4, 0.5) is 0 Å². The molecule has 1 aliphatic rings. The molecule has 1 heterocycles. The van der Waals surface area contributed by atoms with Crippen LogP contribution in [-0.2, 0) is 27.2 Å². The van der Waals surface area contributed by atoms with E-state index < -0.39 is 0 Å². The number of imidazole rings is 1. The third-order valence-electron chi connectivity index (χ3n) is 4.85. The molecule has 27 heavy (non-hydrogen) atoms. The molecular weight excluding hydrogens is 508 g/mol. The van der Waals surface area contributed by atoms with Crippen molar-refractivity contribution in [1.29, 1.82) is 0 Å². The normalized spacial score (nSPS) is 14.3. The van der Waals surface area contributed by atoms with Crippen molar-refractivity contribution in [2.45, 2.75) is 0 Å². The van der Waals surface area contributed by atoms with Crippen LogP contribution >= 0.6 is 0 Å². The SMILES string of the molecule is Cn1[c-][n+](/C2=C/c3ccccc3-c3ccccc3C=[C-]2)c2ccccc21.[Ir]. The van der Waals surface area contributed by atoms with Crippen molar-refractivity contribution in [3.05, 3.63) is 96.3 Å². The standard InChI is InChI=1S/C24H17N2.Ir/c1-25-17-26(24-13-7-6-12-23(24)25)20-15-14-18-8-2-4-10-21(18)22-11-5-3-9-19(22)16-20;/h2-14,16H,1H3;/q-1;/b18-14?,19-16?,20-16+,22-21?;. The molecule has 1 aromatic heterocycles. The van der Waals surface area contributed by atoms with Crippen molar-refractivity contribution >= 4 is 28.9 Å². The molecule has 133 valence electrons. The Morgan fingerprint density at radius 1 is 0.778 bits per heavy atom. The van der Waals surface area contributed by atoms with Crippen molar-refractivity contribution in [3.63, 3.8) is 0 Å². The van der Waals surface area contributed by atoms with Gasteiger partial charge in [-0.25, -0.2) is 0 Å². The van der Waals surface area contributed by atoms with Gasteiger partial charge in [0.05, 0.1) is 18.1 Å². The number of nitrogens with zero attached hydrogens (tertiary/aromatic N) is 2. The summed E-state index contributed by atoms with van der Waals surface area (Å²) in [4.78, 5) is 0. The minimum absolute atomic E-state index is 0. The molecule has 0 bridgehead atoms. The van der Waals surface area contributed by atoms with E-state index in [-0.39, 0.29) is 20.1 Å². The van der Waals surface area contributed by atoms with Crippen molar-refractivity contribution in [2.75, 3.05) is 0 Å². The Morgan fingerprint density at radius 2 is 1.41 bits per heavy atom. The maximum absolute atomic E-state index is 3.49. The van der Waals surface area contributed by atoms with Crippen molar-refractivity contribution in [3.8, 4) is 11.1 Å². The van der Waals surface area contributed by atoms with Crippen LogP contribution in [0.15, 0.2) is 72.8 Å². The number of para-hydroxylation sites is 2. The molecule has 1 radical (unpaired) electrons. The molecule has 4 aromatic rings. The van der Waals surface area contributed by atoms with E-state index in [1.165, 1.54) is 22.3 Å². The minimum atomic E-state index is 0. The van der Waals surface area contributed by atoms with Crippen LogP contribution in [0.1, 0.15) is 11.1 Å². The first-order valence-electron chi connectivity index (χ1n) is 8.70. The molecule has 3 heteroatoms. The zero-order valence-electron chi connectivity index (χ0n) is 14.8. The number of aromatic nitrogens is 2. The van der Waals surface area contributed by atoms with E-state index in [2.05, 4.69) is 102 Å². The van der Waals surface area contributed by atoms with Crippen molar-refractivity contribution < 1.29 is 24.7 Å². The fourth-order valence-corrected chi connectivity index (χ4v) is 3.58. The van der Waals surface area contributed by atoms with E-state index in [9.17, 15) is 0 Å². The number of hydrogen-bond acceptors (Lipinski definition) is 0. The molecule has 1 aliphatic carbocycles. The number of allylic oxidation sites excluding steroid dienone is 2. The number of rotatable bonds is 1. The summed E-state index contributed by atoms with van der Waals surface area (Å²) in [5.74, 6) is 0. The molecule has 0 atom stereocenters. The van der Waals surface area contributed by atoms with Crippen LogP contribution in [0.25, 0.3) is 40.0 Å². The summed E-state index contributed by atoms with van der Waals surface area (Å²) in [7, 11) is 2.02. The van der Waals surface area contributed by atoms with Crippen LogP contribution in [0.2, 0.25) is 0 Å². The van der Waals surface area contributed by atoms with Crippen molar-refractivity contribution in [1.82, 2.24) is 4.57 Å². The van der Waals surface area contributed by atoms with Crippen LogP contribution in [-0.4, -0.2) is 4.57 Å². The van der Waals surface area contributed by atoms with E-state index in [0.717, 1.165) is 16.7 Å². The second-order valence-corrected chi connectivity index (χ2v) is 6.48. The Kier molecular flexibility index (Phi) is 4.65. The summed E-state index contributed by atoms with van der Waals surface area (Å²) in [6, 6.07) is 25.3. The predicted octanol–water partition coefficient (Wildman–Crippen LogP) is 4.76. The zero-order chi connectivity index (χ0) is 17.5. The largest absolute Gasteiger partial charge is 0.342 e. The topological polar surface area (TPSA) is 8.81 Å². The van der Waals surface area contributed by atoms with Gasteiger partial charge in [-0.05, 0) is 5.56 Å². The van der Waals surface area contributed by atoms with E-state index in [4.69, 9.17) is 0 Å². The van der Waals surface area contributed by atoms with E-state index in [1.807, 2.05) is 11.6 Å². The average Bonchev–Trinajstić information content (AvgIpc) is 3.01. The fraction of sp³-hybridized carbons (Fsp3) is 0.0417. The monoisotopic (exact) mass is 526 g/mol. The first-order chi connectivity index (χ1) is 12.8. The fourth-order valence-electron chi connectivity index (χ4n) is 3.58. The number of aryl methyl sites for hydroxylation is 1. The first-order valence-corrected chi connectivity index (χ1v) is 8.70. The summed E-state index contributed by atoms with van der Waals surface area (Å²) in [5, 5.41) is 0. The second kappa shape index (κ2) is 7.11. The van der Waals surface area contributed by atoms with Gasteiger partial charge in [0.15, 0.2) is 0 Å². The Balaban J connectivity index is 0.00000180. The minimum Gasteiger partial charge on any atom is -0.342 e. The average molecular weight is 526 g/mol. The summed E-state index contributed by atoms with van der Waals surface area (Å²) in [6.07, 6.45) is 11.2. The molecule has 5 rings (SSSR count). The third kappa shape index (κ3) is 2.99. The molecule has 0 unspecified atom stereocenters. The number of benzene rings is 3. The molecule has 0 saturated carbocycles. The summed E-state index contributed by atoms with van der Waals surface area (Å²) >= 11 is 0. The Labute approximate surface area is 172 Å². The molecule has 0 amide bonds. The van der Waals surface area contributed by atoms with Crippen LogP contribution < -0.4 is 4.57 Å². The van der Waals surface area contributed by atoms with Gasteiger partial charge in [-0.1, -0.05) is 83.6 Å². The van der Waals surface area contributed by atoms with Gasteiger partial charge in [0.25, 0.3) is 0 Å². The van der Waals surface area contributed by atoms with Gasteiger partial charge in [-0.2, -0.15) is 12.2 Å². The third-order valence-corrected chi connectivity index (χ3v) is 4.85. The van der Waals surface area contributed by atoms with E-state index >= 15 is 0 Å². The van der Waals surface area contributed by atoms with Crippen LogP contribution in [0, 0.1) is 12.4 Å². The summed E-state index contributed by atoms with van der Waals surface area (Å²) in [5.41, 5.74) is 8.07. The maximum atomic E-state index is 3.49. The second-order valence-electron chi connectivity index (χ2n) is 6.48. The van der Waals surface area contributed by atoms with Gasteiger partial charge in [0, 0.05) is 20.1 Å². The van der Waals surface area contributed by atoms with Crippen LogP contribution in [0.5, 0.6) is 0 Å². The maximum Gasteiger partial charge on any atom is 0.242 e. The molecule has 0 N–H and O–H groups in total. The molecule has 0 aliphatic heterocycles. The van der Waals surface area contributed by atoms with Crippen LogP contribution in [0.3, 0.4) is 0 Å². The Morgan fingerprint density at radius 3 is 2.22 bits per heavy atom. The molecule has 0 saturated heterocycles. The zero-order valence-corrected chi connectivity index (χ0v) is 17.2. The van der Waals surface area contributed by atoms with Gasteiger partial charge in [0.2, 0.25) is 6.33 Å². The number of hydrogen-bond donors (Lipinski definition) is 0. The molecule has 0 spiro atoms. The van der Waals surface area contributed by atoms with Gasteiger partial charge >= 0.3 is 0 Å². The first kappa shape index (κ1) is 17.7. The predicted molar refractivity (Wildman–Crippen MR) is 106 cm³/mol. The van der Waals surface area contributed by atoms with E-state index in [1.54, 1.807) is 0 Å². The molecule has 0 fully saturated rings. The van der Waals surface area contributed by atoms with Gasteiger partial charge in [-0.3, -0.25) is 0 Å². The van der Waals surface area contributed by atoms with E-state index in [0.29, 0.717) is 0 Å². The summed E-state index contributed by atoms with van der Waals surface area (Å²) in [6.45, 7) is 0.